The summed E-state index contributed by atoms with van der Waals surface area (Å²) in [5, 5.41) is 26.0. The first-order chi connectivity index (χ1) is 26.9. The molecule has 262 valence electrons. The predicted octanol–water partition coefficient (Wildman–Crippen LogP) is 10.6. The molecule has 11 rings (SSSR count). The molecule has 55 heavy (non-hydrogen) atoms. The van der Waals surface area contributed by atoms with Gasteiger partial charge in [-0.3, -0.25) is 9.59 Å². The predicted molar refractivity (Wildman–Crippen MR) is 213 cm³/mol. The summed E-state index contributed by atoms with van der Waals surface area (Å²) >= 11 is 0. The molecule has 0 unspecified atom stereocenters. The number of hydrogen-bond donors (Lipinski definition) is 2. The molecule has 0 bridgehead atoms. The van der Waals surface area contributed by atoms with Crippen LogP contribution in [0.25, 0.3) is 99.5 Å². The molecule has 0 saturated heterocycles. The molecule has 0 saturated carbocycles. The van der Waals surface area contributed by atoms with E-state index in [1.807, 2.05) is 36.4 Å². The van der Waals surface area contributed by atoms with Crippen molar-refractivity contribution in [1.29, 1.82) is 0 Å². The van der Waals surface area contributed by atoms with Crippen LogP contribution >= 0.6 is 0 Å². The Labute approximate surface area is 311 Å². The Kier molecular flexibility index (Phi) is 6.46. The molecule has 0 aromatic heterocycles. The molecular weight excluding hydrogens is 693 g/mol. The van der Waals surface area contributed by atoms with Crippen LogP contribution in [0.4, 0.5) is 0 Å². The lowest BCUT2D eigenvalue weighted by molar-refractivity contribution is 0.125. The van der Waals surface area contributed by atoms with Gasteiger partial charge in [0.25, 0.3) is 0 Å². The van der Waals surface area contributed by atoms with Crippen molar-refractivity contribution < 1.29 is 28.5 Å². The summed E-state index contributed by atoms with van der Waals surface area (Å²) in [6.45, 7) is 0.0489. The highest BCUT2D eigenvalue weighted by atomic mass is 16.7. The van der Waals surface area contributed by atoms with E-state index in [1.165, 1.54) is 24.3 Å². The lowest BCUT2D eigenvalue weighted by atomic mass is 9.88. The van der Waals surface area contributed by atoms with E-state index in [1.54, 1.807) is 36.4 Å². The van der Waals surface area contributed by atoms with Crippen LogP contribution < -0.4 is 20.3 Å². The summed E-state index contributed by atoms with van der Waals surface area (Å²) in [6, 6.07) is 40.2. The van der Waals surface area contributed by atoms with Crippen LogP contribution in [0.5, 0.6) is 23.0 Å². The van der Waals surface area contributed by atoms with Gasteiger partial charge in [0.1, 0.15) is 45.7 Å². The molecule has 5 aliphatic rings. The molecule has 8 heteroatoms. The van der Waals surface area contributed by atoms with Crippen molar-refractivity contribution in [1.82, 2.24) is 0 Å². The number of benzene rings is 8. The third-order valence-corrected chi connectivity index (χ3v) is 10.6. The monoisotopic (exact) mass is 718 g/mol. The molecule has 3 aliphatic heterocycles. The molecule has 0 radical (unpaired) electrons. The van der Waals surface area contributed by atoms with Crippen LogP contribution in [-0.4, -0.2) is 17.0 Å². The average molecular weight is 719 g/mol. The van der Waals surface area contributed by atoms with Crippen LogP contribution in [0.1, 0.15) is 0 Å². The molecule has 0 atom stereocenters. The summed E-state index contributed by atoms with van der Waals surface area (Å²) in [5.74, 6) is 2.40. The molecule has 0 spiro atoms. The molecule has 0 fully saturated rings. The van der Waals surface area contributed by atoms with Gasteiger partial charge in [-0.05, 0) is 105 Å². The van der Waals surface area contributed by atoms with E-state index in [0.717, 1.165) is 76.8 Å². The smallest absolute Gasteiger partial charge is 0.230 e. The molecular formula is C47H26O8. The topological polar surface area (TPSA) is 119 Å². The van der Waals surface area contributed by atoms with Gasteiger partial charge in [-0.25, -0.2) is 0 Å². The van der Waals surface area contributed by atoms with Crippen LogP contribution in [0.3, 0.4) is 0 Å². The first kappa shape index (κ1) is 31.0. The van der Waals surface area contributed by atoms with E-state index in [4.69, 9.17) is 18.3 Å². The number of rotatable bonds is 2. The Hall–Kier alpha value is -7.58. The molecule has 2 aliphatic carbocycles. The summed E-state index contributed by atoms with van der Waals surface area (Å²) in [6.07, 6.45) is 0. The van der Waals surface area contributed by atoms with Crippen molar-refractivity contribution in [3.05, 3.63) is 154 Å². The fourth-order valence-corrected chi connectivity index (χ4v) is 8.18. The number of hydrogen-bond acceptors (Lipinski definition) is 8. The second-order valence-corrected chi connectivity index (χ2v) is 13.8. The molecule has 2 N–H and O–H groups in total. The number of ether oxygens (including phenoxy) is 2. The Morgan fingerprint density at radius 2 is 0.873 bits per heavy atom. The van der Waals surface area contributed by atoms with Gasteiger partial charge in [0.15, 0.2) is 10.9 Å². The van der Waals surface area contributed by atoms with Gasteiger partial charge in [-0.2, -0.15) is 0 Å². The fourth-order valence-electron chi connectivity index (χ4n) is 8.18. The number of phenols is 2. The minimum absolute atomic E-state index is 0.0489. The van der Waals surface area contributed by atoms with E-state index in [-0.39, 0.29) is 29.1 Å². The minimum atomic E-state index is -0.165. The summed E-state index contributed by atoms with van der Waals surface area (Å²) in [4.78, 5) is 24.7. The van der Waals surface area contributed by atoms with Crippen molar-refractivity contribution in [3.63, 3.8) is 0 Å². The quantitative estimate of drug-likeness (QED) is 0.170. The van der Waals surface area contributed by atoms with Gasteiger partial charge < -0.3 is 28.5 Å². The maximum Gasteiger partial charge on any atom is 0.230 e. The highest BCUT2D eigenvalue weighted by molar-refractivity contribution is 6.13. The summed E-state index contributed by atoms with van der Waals surface area (Å²) in [7, 11) is 0. The second kappa shape index (κ2) is 11.5. The fraction of sp³-hybridized carbons (Fsp3) is 0.0213. The maximum atomic E-state index is 12.3. The van der Waals surface area contributed by atoms with Crippen LogP contribution in [0.2, 0.25) is 0 Å². The van der Waals surface area contributed by atoms with E-state index in [2.05, 4.69) is 36.4 Å². The molecule has 3 heterocycles. The highest BCUT2D eigenvalue weighted by Gasteiger charge is 2.25. The normalized spacial score (nSPS) is 12.5. The lowest BCUT2D eigenvalue weighted by Crippen LogP contribution is -2.03. The molecule has 0 amide bonds. The van der Waals surface area contributed by atoms with Gasteiger partial charge in [0, 0.05) is 68.4 Å². The van der Waals surface area contributed by atoms with Gasteiger partial charge in [-0.15, -0.1) is 0 Å². The Morgan fingerprint density at radius 3 is 1.35 bits per heavy atom. The van der Waals surface area contributed by atoms with Crippen LogP contribution in [0.15, 0.2) is 152 Å². The van der Waals surface area contributed by atoms with Gasteiger partial charge in [0.2, 0.25) is 6.79 Å². The lowest BCUT2D eigenvalue weighted by Gasteiger charge is -2.18. The minimum Gasteiger partial charge on any atom is -0.508 e. The molecule has 6 aromatic rings. The molecule has 8 nitrogen and oxygen atoms in total. The summed E-state index contributed by atoms with van der Waals surface area (Å²) < 4.78 is 24.6. The second-order valence-electron chi connectivity index (χ2n) is 13.8. The van der Waals surface area contributed by atoms with E-state index in [0.29, 0.717) is 34.2 Å². The van der Waals surface area contributed by atoms with E-state index >= 15 is 0 Å². The van der Waals surface area contributed by atoms with Gasteiger partial charge in [0.05, 0.1) is 0 Å². The zero-order valence-electron chi connectivity index (χ0n) is 28.8. The number of phenolic OH excluding ortho intramolecular Hbond substituents is 2. The summed E-state index contributed by atoms with van der Waals surface area (Å²) in [5.41, 5.74) is 7.61. The Bertz CT molecular complexity index is 3100. The maximum absolute atomic E-state index is 12.3. The SMILES string of the molecule is O=c1ccc2c(-c3ccc4c5c(ccc4c3)OCOc3ccc4cc(-c6c7ccc(=O)cc-7oc7cc(O)ccc67)ccc4c3-5)c3ccc(O)cc3oc-2c1. The van der Waals surface area contributed by atoms with Crippen molar-refractivity contribution in [2.45, 2.75) is 0 Å². The first-order valence-corrected chi connectivity index (χ1v) is 17.7. The highest BCUT2D eigenvalue weighted by Crippen LogP contribution is 2.50. The molecule has 6 aromatic carbocycles. The standard InChI is InChI=1S/C47H26O8/c48-28-5-11-34-40(19-28)54-41-20-29(49)6-12-35(41)44(34)26-1-9-32-24(17-26)3-15-38-46(32)47-33-10-2-27(18-25(33)4-16-39(47)53-23-52-38)45-36-13-7-30(50)21-42(36)55-43-22-31(51)8-14-37(43)45/h1-22,48,50H,23H2. The third kappa shape index (κ3) is 4.78. The number of aromatic hydroxyl groups is 2. The van der Waals surface area contributed by atoms with Gasteiger partial charge in [-0.1, -0.05) is 36.4 Å². The average Bonchev–Trinajstić information content (AvgIpc) is 3.38. The van der Waals surface area contributed by atoms with E-state index < -0.39 is 0 Å². The van der Waals surface area contributed by atoms with Crippen molar-refractivity contribution in [3.8, 4) is 79.0 Å². The largest absolute Gasteiger partial charge is 0.508 e. The van der Waals surface area contributed by atoms with E-state index in [9.17, 15) is 19.8 Å². The zero-order chi connectivity index (χ0) is 36.9. The first-order valence-electron chi connectivity index (χ1n) is 17.7. The Morgan fingerprint density at radius 1 is 0.418 bits per heavy atom. The van der Waals surface area contributed by atoms with Crippen molar-refractivity contribution >= 4 is 43.5 Å². The van der Waals surface area contributed by atoms with Crippen LogP contribution in [0, 0.1) is 0 Å². The zero-order valence-corrected chi connectivity index (χ0v) is 28.8. The van der Waals surface area contributed by atoms with Crippen molar-refractivity contribution in [2.24, 2.45) is 0 Å². The Balaban J connectivity index is 1.12. The number of fused-ring (bicyclic) bond motifs is 11. The third-order valence-electron chi connectivity index (χ3n) is 10.6. The van der Waals surface area contributed by atoms with Gasteiger partial charge >= 0.3 is 0 Å². The van der Waals surface area contributed by atoms with Crippen molar-refractivity contribution in [2.75, 3.05) is 6.79 Å². The van der Waals surface area contributed by atoms with Crippen LogP contribution in [-0.2, 0) is 0 Å².